The highest BCUT2D eigenvalue weighted by molar-refractivity contribution is 5.92. The number of nitrogens with one attached hydrogen (secondary N) is 2. The Balaban J connectivity index is 1.44. The van der Waals surface area contributed by atoms with Crippen LogP contribution in [0.2, 0.25) is 0 Å². The average molecular weight is 473 g/mol. The molecule has 0 aliphatic rings. The second-order valence-electron chi connectivity index (χ2n) is 8.10. The van der Waals surface area contributed by atoms with Crippen LogP contribution < -0.4 is 20.1 Å². The lowest BCUT2D eigenvalue weighted by atomic mass is 10.2. The molecule has 0 fully saturated rings. The number of hydrogen-bond acceptors (Lipinski definition) is 7. The third kappa shape index (κ3) is 6.14. The third-order valence-corrected chi connectivity index (χ3v) is 5.12. The van der Waals surface area contributed by atoms with Gasteiger partial charge < -0.3 is 20.1 Å². The molecule has 4 rings (SSSR count). The molecule has 0 unspecified atom stereocenters. The van der Waals surface area contributed by atoms with Crippen molar-refractivity contribution in [2.75, 3.05) is 17.2 Å². The first kappa shape index (κ1) is 23.7. The van der Waals surface area contributed by atoms with E-state index in [0.717, 1.165) is 22.6 Å². The van der Waals surface area contributed by atoms with Gasteiger partial charge in [-0.05, 0) is 71.4 Å². The van der Waals surface area contributed by atoms with E-state index in [1.54, 1.807) is 0 Å². The van der Waals surface area contributed by atoms with Gasteiger partial charge in [-0.1, -0.05) is 43.2 Å². The van der Waals surface area contributed by atoms with E-state index in [1.165, 1.54) is 4.68 Å². The molecule has 0 saturated heterocycles. The number of aromatic nitrogens is 4. The van der Waals surface area contributed by atoms with Crippen LogP contribution in [0.5, 0.6) is 17.5 Å². The lowest BCUT2D eigenvalue weighted by Gasteiger charge is -2.14. The molecule has 4 aromatic rings. The van der Waals surface area contributed by atoms with Gasteiger partial charge in [-0.25, -0.2) is 0 Å². The molecule has 9 nitrogen and oxygen atoms in total. The Hall–Kier alpha value is -4.40. The van der Waals surface area contributed by atoms with Crippen LogP contribution in [-0.4, -0.2) is 32.7 Å². The number of anilines is 2. The van der Waals surface area contributed by atoms with Gasteiger partial charge in [-0.3, -0.25) is 4.79 Å². The highest BCUT2D eigenvalue weighted by Gasteiger charge is 2.14. The van der Waals surface area contributed by atoms with Crippen LogP contribution in [0.25, 0.3) is 5.69 Å². The molecule has 35 heavy (non-hydrogen) atoms. The Morgan fingerprint density at radius 3 is 2.43 bits per heavy atom. The molecular formula is C26H28N6O3. The van der Waals surface area contributed by atoms with Gasteiger partial charge in [-0.2, -0.15) is 4.68 Å². The fourth-order valence-electron chi connectivity index (χ4n) is 3.25. The number of nitrogens with zero attached hydrogens (tertiary/aromatic N) is 4. The largest absolute Gasteiger partial charge is 0.490 e. The first-order chi connectivity index (χ1) is 17.0. The zero-order valence-electron chi connectivity index (χ0n) is 19.9. The maximum atomic E-state index is 11.9. The lowest BCUT2D eigenvalue weighted by Crippen LogP contribution is -2.17. The van der Waals surface area contributed by atoms with Crippen molar-refractivity contribution in [3.8, 4) is 23.2 Å². The second kappa shape index (κ2) is 11.1. The molecule has 2 N–H and O–H groups in total. The number of para-hydroxylation sites is 1. The molecule has 0 atom stereocenters. The summed E-state index contributed by atoms with van der Waals surface area (Å²) in [5.74, 6) is 1.05. The molecule has 0 radical (unpaired) electrons. The SMILES string of the molecule is CCOc1cc(CNc2ccc(NC(=O)C(C)C)cc2)ccc1Oc1nnnn1-c1ccccc1. The van der Waals surface area contributed by atoms with Gasteiger partial charge in [0.15, 0.2) is 11.5 Å². The molecule has 0 spiro atoms. The summed E-state index contributed by atoms with van der Waals surface area (Å²) in [7, 11) is 0. The minimum absolute atomic E-state index is 0.00530. The summed E-state index contributed by atoms with van der Waals surface area (Å²) in [6.07, 6.45) is 0. The second-order valence-corrected chi connectivity index (χ2v) is 8.10. The highest BCUT2D eigenvalue weighted by Crippen LogP contribution is 2.32. The van der Waals surface area contributed by atoms with Crippen molar-refractivity contribution in [1.82, 2.24) is 20.2 Å². The fourth-order valence-corrected chi connectivity index (χ4v) is 3.25. The molecule has 1 amide bonds. The standard InChI is InChI=1S/C26H28N6O3/c1-4-34-24-16-19(17-27-20-11-13-21(14-12-20)28-25(33)18(2)3)10-15-23(24)35-26-29-30-31-32(26)22-8-6-5-7-9-22/h5-16,18,27H,4,17H2,1-3H3,(H,28,33). The number of hydrogen-bond donors (Lipinski definition) is 2. The van der Waals surface area contributed by atoms with Gasteiger partial charge >= 0.3 is 6.01 Å². The molecule has 180 valence electrons. The number of rotatable bonds is 10. The van der Waals surface area contributed by atoms with Crippen LogP contribution >= 0.6 is 0 Å². The summed E-state index contributed by atoms with van der Waals surface area (Å²) in [5, 5.41) is 18.1. The summed E-state index contributed by atoms with van der Waals surface area (Å²) in [5.41, 5.74) is 3.52. The molecule has 0 bridgehead atoms. The molecule has 0 saturated carbocycles. The maximum absolute atomic E-state index is 11.9. The molecule has 9 heteroatoms. The fraction of sp³-hybridized carbons (Fsp3) is 0.231. The van der Waals surface area contributed by atoms with E-state index < -0.39 is 0 Å². The summed E-state index contributed by atoms with van der Waals surface area (Å²) in [6.45, 7) is 6.72. The topological polar surface area (TPSA) is 103 Å². The Kier molecular flexibility index (Phi) is 7.57. The van der Waals surface area contributed by atoms with Gasteiger partial charge in [0.1, 0.15) is 0 Å². The molecule has 1 heterocycles. The summed E-state index contributed by atoms with van der Waals surface area (Å²) in [6, 6.07) is 23.1. The Morgan fingerprint density at radius 1 is 0.971 bits per heavy atom. The molecule has 0 aliphatic carbocycles. The van der Waals surface area contributed by atoms with Crippen molar-refractivity contribution in [3.05, 3.63) is 78.4 Å². The van der Waals surface area contributed by atoms with Crippen molar-refractivity contribution in [3.63, 3.8) is 0 Å². The van der Waals surface area contributed by atoms with E-state index in [4.69, 9.17) is 9.47 Å². The summed E-state index contributed by atoms with van der Waals surface area (Å²) >= 11 is 0. The van der Waals surface area contributed by atoms with E-state index in [9.17, 15) is 4.79 Å². The van der Waals surface area contributed by atoms with E-state index in [1.807, 2.05) is 93.6 Å². The maximum Gasteiger partial charge on any atom is 0.346 e. The molecule has 1 aromatic heterocycles. The Morgan fingerprint density at radius 2 is 1.71 bits per heavy atom. The van der Waals surface area contributed by atoms with Gasteiger partial charge in [0.25, 0.3) is 0 Å². The highest BCUT2D eigenvalue weighted by atomic mass is 16.5. The van der Waals surface area contributed by atoms with Crippen molar-refractivity contribution in [1.29, 1.82) is 0 Å². The quantitative estimate of drug-likeness (QED) is 0.332. The number of ether oxygens (including phenoxy) is 2. The van der Waals surface area contributed by atoms with Crippen LogP contribution in [0, 0.1) is 5.92 Å². The lowest BCUT2D eigenvalue weighted by molar-refractivity contribution is -0.118. The van der Waals surface area contributed by atoms with E-state index >= 15 is 0 Å². The van der Waals surface area contributed by atoms with Gasteiger partial charge in [0, 0.05) is 23.8 Å². The van der Waals surface area contributed by atoms with Crippen molar-refractivity contribution >= 4 is 17.3 Å². The van der Waals surface area contributed by atoms with Crippen molar-refractivity contribution in [2.24, 2.45) is 5.92 Å². The number of benzene rings is 3. The van der Waals surface area contributed by atoms with Crippen LogP contribution in [0.4, 0.5) is 11.4 Å². The van der Waals surface area contributed by atoms with Gasteiger partial charge in [0.2, 0.25) is 5.91 Å². The zero-order chi connectivity index (χ0) is 24.6. The van der Waals surface area contributed by atoms with Gasteiger partial charge in [0.05, 0.1) is 12.3 Å². The summed E-state index contributed by atoms with van der Waals surface area (Å²) < 4.78 is 13.4. The number of amides is 1. The zero-order valence-corrected chi connectivity index (χ0v) is 19.9. The van der Waals surface area contributed by atoms with Crippen LogP contribution in [0.1, 0.15) is 26.3 Å². The van der Waals surface area contributed by atoms with Crippen molar-refractivity contribution < 1.29 is 14.3 Å². The van der Waals surface area contributed by atoms with E-state index in [2.05, 4.69) is 26.2 Å². The Labute approximate surface area is 204 Å². The monoisotopic (exact) mass is 472 g/mol. The van der Waals surface area contributed by atoms with E-state index in [-0.39, 0.29) is 17.8 Å². The third-order valence-electron chi connectivity index (χ3n) is 5.12. The normalized spacial score (nSPS) is 10.7. The number of tetrazole rings is 1. The van der Waals surface area contributed by atoms with E-state index in [0.29, 0.717) is 24.7 Å². The molecular weight excluding hydrogens is 444 g/mol. The predicted octanol–water partition coefficient (Wildman–Crippen LogP) is 5.06. The first-order valence-electron chi connectivity index (χ1n) is 11.5. The number of carbonyl (C=O) groups is 1. The van der Waals surface area contributed by atoms with Crippen molar-refractivity contribution in [2.45, 2.75) is 27.3 Å². The van der Waals surface area contributed by atoms with Gasteiger partial charge in [-0.15, -0.1) is 0 Å². The average Bonchev–Trinajstić information content (AvgIpc) is 3.34. The van der Waals surface area contributed by atoms with Crippen LogP contribution in [0.3, 0.4) is 0 Å². The number of carbonyl (C=O) groups excluding carboxylic acids is 1. The first-order valence-corrected chi connectivity index (χ1v) is 11.5. The summed E-state index contributed by atoms with van der Waals surface area (Å²) in [4.78, 5) is 11.9. The smallest absolute Gasteiger partial charge is 0.346 e. The van der Waals surface area contributed by atoms with Crippen LogP contribution in [0.15, 0.2) is 72.8 Å². The predicted molar refractivity (Wildman–Crippen MR) is 134 cm³/mol. The Bertz CT molecular complexity index is 1260. The minimum Gasteiger partial charge on any atom is -0.490 e. The molecule has 3 aromatic carbocycles. The van der Waals surface area contributed by atoms with Crippen LogP contribution in [-0.2, 0) is 11.3 Å². The minimum atomic E-state index is -0.0646. The molecule has 0 aliphatic heterocycles.